The zero-order chi connectivity index (χ0) is 16.8. The number of guanidine groups is 1. The van der Waals surface area contributed by atoms with Crippen LogP contribution in [0.1, 0.15) is 31.9 Å². The van der Waals surface area contributed by atoms with Crippen LogP contribution in [-0.2, 0) is 10.2 Å². The van der Waals surface area contributed by atoms with Gasteiger partial charge in [-0.05, 0) is 11.0 Å². The minimum absolute atomic E-state index is 0.0580. The molecule has 1 aromatic carbocycles. The molecule has 0 spiro atoms. The number of ketones is 1. The van der Waals surface area contributed by atoms with E-state index >= 15 is 0 Å². The Balaban J connectivity index is 2.00. The van der Waals surface area contributed by atoms with Gasteiger partial charge in [-0.1, -0.05) is 45.0 Å². The number of rotatable bonds is 1. The first-order valence-electron chi connectivity index (χ1n) is 7.73. The minimum Gasteiger partial charge on any atom is -0.348 e. The summed E-state index contributed by atoms with van der Waals surface area (Å²) in [6.45, 7) is 6.88. The van der Waals surface area contributed by atoms with Crippen LogP contribution < -0.4 is 0 Å². The number of hydrogen-bond donors (Lipinski definition) is 0. The molecule has 0 N–H and O–H groups in total. The van der Waals surface area contributed by atoms with E-state index in [1.165, 1.54) is 5.56 Å². The molecule has 0 unspecified atom stereocenters. The molecule has 0 saturated heterocycles. The molecule has 0 atom stereocenters. The number of aliphatic imine (C=N–C) groups is 2. The van der Waals surface area contributed by atoms with E-state index in [0.29, 0.717) is 18.2 Å². The molecule has 0 saturated carbocycles. The van der Waals surface area contributed by atoms with Gasteiger partial charge in [0.15, 0.2) is 11.6 Å². The summed E-state index contributed by atoms with van der Waals surface area (Å²) in [5, 5.41) is 0. The van der Waals surface area contributed by atoms with Crippen LogP contribution in [0.15, 0.2) is 46.1 Å². The molecular weight excluding hydrogens is 288 g/mol. The largest absolute Gasteiger partial charge is 0.348 e. The summed E-state index contributed by atoms with van der Waals surface area (Å²) in [7, 11) is 3.84. The van der Waals surface area contributed by atoms with Crippen molar-refractivity contribution < 1.29 is 4.79 Å². The van der Waals surface area contributed by atoms with Crippen molar-refractivity contribution in [2.75, 3.05) is 20.6 Å². The summed E-state index contributed by atoms with van der Waals surface area (Å²) in [5.41, 5.74) is 2.34. The normalized spacial score (nSPS) is 17.5. The molecule has 0 aliphatic carbocycles. The lowest BCUT2D eigenvalue weighted by atomic mass is 9.86. The number of carbonyl (C=O) groups is 1. The summed E-state index contributed by atoms with van der Waals surface area (Å²) in [6, 6.07) is 8.32. The highest BCUT2D eigenvalue weighted by atomic mass is 16.1. The van der Waals surface area contributed by atoms with Crippen LogP contribution in [0, 0.1) is 0 Å². The van der Waals surface area contributed by atoms with Crippen molar-refractivity contribution >= 4 is 17.6 Å². The highest BCUT2D eigenvalue weighted by Gasteiger charge is 2.30. The molecule has 0 amide bonds. The van der Waals surface area contributed by atoms with E-state index in [-0.39, 0.29) is 11.2 Å². The van der Waals surface area contributed by atoms with Crippen LogP contribution in [-0.4, -0.2) is 48.0 Å². The van der Waals surface area contributed by atoms with Crippen molar-refractivity contribution in [1.29, 1.82) is 0 Å². The quantitative estimate of drug-likeness (QED) is 0.800. The highest BCUT2D eigenvalue weighted by Crippen LogP contribution is 2.25. The summed E-state index contributed by atoms with van der Waals surface area (Å²) in [6.07, 6.45) is 1.59. The van der Waals surface area contributed by atoms with Gasteiger partial charge in [0.05, 0.1) is 6.54 Å². The molecule has 0 aromatic heterocycles. The predicted octanol–water partition coefficient (Wildman–Crippen LogP) is 2.39. The van der Waals surface area contributed by atoms with Crippen LogP contribution in [0.25, 0.3) is 0 Å². The Bertz CT molecular complexity index is 733. The van der Waals surface area contributed by atoms with Gasteiger partial charge in [-0.15, -0.1) is 0 Å². The predicted molar refractivity (Wildman–Crippen MR) is 92.6 cm³/mol. The topological polar surface area (TPSA) is 48.3 Å². The van der Waals surface area contributed by atoms with Gasteiger partial charge < -0.3 is 4.90 Å². The van der Waals surface area contributed by atoms with Gasteiger partial charge in [0.2, 0.25) is 5.96 Å². The second kappa shape index (κ2) is 5.33. The fraction of sp³-hybridized carbons (Fsp3) is 0.389. The number of benzene rings is 1. The van der Waals surface area contributed by atoms with Gasteiger partial charge in [0, 0.05) is 25.7 Å². The van der Waals surface area contributed by atoms with Gasteiger partial charge in [-0.25, -0.2) is 4.99 Å². The molecule has 0 radical (unpaired) electrons. The molecule has 2 heterocycles. The third kappa shape index (κ3) is 2.91. The average Bonchev–Trinajstić information content (AvgIpc) is 2.85. The summed E-state index contributed by atoms with van der Waals surface area (Å²) >= 11 is 0. The molecule has 23 heavy (non-hydrogen) atoms. The zero-order valence-corrected chi connectivity index (χ0v) is 14.3. The van der Waals surface area contributed by atoms with Gasteiger partial charge in [-0.2, -0.15) is 4.99 Å². The third-order valence-corrected chi connectivity index (χ3v) is 3.96. The first-order valence-corrected chi connectivity index (χ1v) is 7.73. The molecule has 5 nitrogen and oxygen atoms in total. The van der Waals surface area contributed by atoms with Gasteiger partial charge >= 0.3 is 0 Å². The van der Waals surface area contributed by atoms with Crippen molar-refractivity contribution in [2.45, 2.75) is 26.2 Å². The van der Waals surface area contributed by atoms with E-state index in [1.54, 1.807) is 6.08 Å². The Morgan fingerprint density at radius 1 is 1.09 bits per heavy atom. The molecule has 1 aromatic rings. The maximum Gasteiger partial charge on any atom is 0.209 e. The second-order valence-corrected chi connectivity index (χ2v) is 7.12. The zero-order valence-electron chi connectivity index (χ0n) is 14.3. The Labute approximate surface area is 137 Å². The van der Waals surface area contributed by atoms with Gasteiger partial charge in [0.25, 0.3) is 0 Å². The van der Waals surface area contributed by atoms with Gasteiger partial charge in [-0.3, -0.25) is 9.69 Å². The van der Waals surface area contributed by atoms with Crippen molar-refractivity contribution in [1.82, 2.24) is 9.80 Å². The van der Waals surface area contributed by atoms with Crippen molar-refractivity contribution in [3.8, 4) is 0 Å². The fourth-order valence-electron chi connectivity index (χ4n) is 2.65. The smallest absolute Gasteiger partial charge is 0.209 e. The number of amidine groups is 1. The van der Waals surface area contributed by atoms with Crippen LogP contribution >= 0.6 is 0 Å². The van der Waals surface area contributed by atoms with Crippen molar-refractivity contribution in [3.05, 3.63) is 47.3 Å². The SMILES string of the molecule is CN(C)C1=NC(c2ccc(C(C)(C)C)cc2)=NC2=CC(=O)CN21. The van der Waals surface area contributed by atoms with Crippen LogP contribution in [0.2, 0.25) is 0 Å². The lowest BCUT2D eigenvalue weighted by molar-refractivity contribution is -0.113. The van der Waals surface area contributed by atoms with E-state index in [2.05, 4.69) is 42.9 Å². The maximum atomic E-state index is 11.7. The number of carbonyl (C=O) groups excluding carboxylic acids is 1. The van der Waals surface area contributed by atoms with E-state index < -0.39 is 0 Å². The Kier molecular flexibility index (Phi) is 3.59. The minimum atomic E-state index is 0.0580. The maximum absolute atomic E-state index is 11.7. The first kappa shape index (κ1) is 15.5. The first-order chi connectivity index (χ1) is 10.8. The lowest BCUT2D eigenvalue weighted by Crippen LogP contribution is -2.41. The second-order valence-electron chi connectivity index (χ2n) is 7.12. The third-order valence-electron chi connectivity index (χ3n) is 3.96. The monoisotopic (exact) mass is 310 g/mol. The molecule has 120 valence electrons. The molecule has 0 bridgehead atoms. The van der Waals surface area contributed by atoms with Crippen LogP contribution in [0.5, 0.6) is 0 Å². The molecule has 2 aliphatic rings. The van der Waals surface area contributed by atoms with E-state index in [4.69, 9.17) is 0 Å². The van der Waals surface area contributed by atoms with Crippen molar-refractivity contribution in [2.24, 2.45) is 9.98 Å². The van der Waals surface area contributed by atoms with Gasteiger partial charge in [0.1, 0.15) is 5.82 Å². The highest BCUT2D eigenvalue weighted by molar-refractivity contribution is 6.11. The Hall–Kier alpha value is -2.43. The van der Waals surface area contributed by atoms with Crippen LogP contribution in [0.4, 0.5) is 0 Å². The Morgan fingerprint density at radius 3 is 2.30 bits per heavy atom. The Morgan fingerprint density at radius 2 is 1.74 bits per heavy atom. The van der Waals surface area contributed by atoms with E-state index in [1.807, 2.05) is 36.0 Å². The standard InChI is InChI=1S/C18H22N4O/c1-18(2,3)13-8-6-12(7-9-13)16-19-15-10-14(23)11-22(15)17(20-16)21(4)5/h6-10H,11H2,1-5H3. The number of nitrogens with zero attached hydrogens (tertiary/aromatic N) is 4. The molecule has 3 rings (SSSR count). The molecule has 2 aliphatic heterocycles. The summed E-state index contributed by atoms with van der Waals surface area (Å²) in [5.74, 6) is 2.12. The summed E-state index contributed by atoms with van der Waals surface area (Å²) in [4.78, 5) is 24.7. The molecule has 0 fully saturated rings. The fourth-order valence-corrected chi connectivity index (χ4v) is 2.65. The van der Waals surface area contributed by atoms with Crippen LogP contribution in [0.3, 0.4) is 0 Å². The summed E-state index contributed by atoms with van der Waals surface area (Å²) < 4.78 is 0. The lowest BCUT2D eigenvalue weighted by Gasteiger charge is -2.29. The molecule has 5 heteroatoms. The number of fused-ring (bicyclic) bond motifs is 1. The van der Waals surface area contributed by atoms with Crippen molar-refractivity contribution in [3.63, 3.8) is 0 Å². The molecular formula is C18H22N4O. The van der Waals surface area contributed by atoms with E-state index in [0.717, 1.165) is 11.5 Å². The van der Waals surface area contributed by atoms with E-state index in [9.17, 15) is 4.79 Å². The average molecular weight is 310 g/mol. The number of hydrogen-bond acceptors (Lipinski definition) is 5.